The summed E-state index contributed by atoms with van der Waals surface area (Å²) in [5, 5.41) is 8.82. The third-order valence-corrected chi connectivity index (χ3v) is 3.51. The van der Waals surface area contributed by atoms with E-state index in [1.165, 1.54) is 5.56 Å². The second-order valence-electron chi connectivity index (χ2n) is 4.83. The minimum atomic E-state index is 0.468. The molecule has 2 atom stereocenters. The summed E-state index contributed by atoms with van der Waals surface area (Å²) in [7, 11) is 0. The van der Waals surface area contributed by atoms with Crippen LogP contribution in [0.4, 0.5) is 0 Å². The van der Waals surface area contributed by atoms with E-state index >= 15 is 0 Å². The Morgan fingerprint density at radius 1 is 1.11 bits per heavy atom. The van der Waals surface area contributed by atoms with Gasteiger partial charge >= 0.3 is 0 Å². The Kier molecular flexibility index (Phi) is 4.99. The molecule has 0 radical (unpaired) electrons. The van der Waals surface area contributed by atoms with Crippen molar-refractivity contribution in [1.29, 1.82) is 5.26 Å². The van der Waals surface area contributed by atoms with Crippen molar-refractivity contribution in [3.8, 4) is 6.07 Å². The summed E-state index contributed by atoms with van der Waals surface area (Å²) in [5.74, 6) is 0.967. The second kappa shape index (κ2) is 6.98. The highest BCUT2D eigenvalue weighted by Gasteiger charge is 2.22. The zero-order valence-electron chi connectivity index (χ0n) is 10.6. The molecule has 0 N–H and O–H groups in total. The number of rotatable bonds is 5. The standard InChI is InChI=1S/C16H19NO/c17-11-10-15-8-4-5-9-16(15)13-18-12-14-6-2-1-3-7-14/h1-7,15-16H,8-10,12-13H2. The van der Waals surface area contributed by atoms with Crippen molar-refractivity contribution in [2.75, 3.05) is 6.61 Å². The first-order valence-corrected chi connectivity index (χ1v) is 6.53. The molecule has 2 nitrogen and oxygen atoms in total. The first kappa shape index (κ1) is 12.9. The van der Waals surface area contributed by atoms with E-state index < -0.39 is 0 Å². The van der Waals surface area contributed by atoms with Gasteiger partial charge < -0.3 is 4.74 Å². The highest BCUT2D eigenvalue weighted by molar-refractivity contribution is 5.13. The molecule has 1 aliphatic rings. The molecule has 0 aromatic heterocycles. The SMILES string of the molecule is N#CCC1CC=CCC1COCc1ccccc1. The van der Waals surface area contributed by atoms with Gasteiger partial charge in [0.15, 0.2) is 0 Å². The van der Waals surface area contributed by atoms with Gasteiger partial charge in [0.2, 0.25) is 0 Å². The number of hydrogen-bond donors (Lipinski definition) is 0. The van der Waals surface area contributed by atoms with E-state index in [0.29, 0.717) is 24.9 Å². The van der Waals surface area contributed by atoms with Gasteiger partial charge in [-0.3, -0.25) is 0 Å². The average molecular weight is 241 g/mol. The number of ether oxygens (including phenoxy) is 1. The summed E-state index contributed by atoms with van der Waals surface area (Å²) in [6.07, 6.45) is 7.11. The molecule has 2 rings (SSSR count). The average Bonchev–Trinajstić information content (AvgIpc) is 2.42. The molecule has 0 spiro atoms. The van der Waals surface area contributed by atoms with Crippen molar-refractivity contribution in [2.24, 2.45) is 11.8 Å². The zero-order valence-corrected chi connectivity index (χ0v) is 10.6. The fourth-order valence-corrected chi connectivity index (χ4v) is 2.40. The van der Waals surface area contributed by atoms with Crippen LogP contribution in [0.15, 0.2) is 42.5 Å². The number of nitriles is 1. The Bertz CT molecular complexity index is 418. The van der Waals surface area contributed by atoms with E-state index in [0.717, 1.165) is 19.4 Å². The van der Waals surface area contributed by atoms with E-state index in [1.54, 1.807) is 0 Å². The lowest BCUT2D eigenvalue weighted by Crippen LogP contribution is -2.21. The largest absolute Gasteiger partial charge is 0.376 e. The molecule has 0 saturated carbocycles. The van der Waals surface area contributed by atoms with Gasteiger partial charge in [-0.25, -0.2) is 0 Å². The van der Waals surface area contributed by atoms with Crippen LogP contribution in [0.3, 0.4) is 0 Å². The number of benzene rings is 1. The molecule has 1 aromatic carbocycles. The third kappa shape index (κ3) is 3.72. The molecule has 0 saturated heterocycles. The van der Waals surface area contributed by atoms with Crippen LogP contribution >= 0.6 is 0 Å². The lowest BCUT2D eigenvalue weighted by Gasteiger charge is -2.26. The molecule has 0 fully saturated rings. The lowest BCUT2D eigenvalue weighted by atomic mass is 9.82. The smallest absolute Gasteiger partial charge is 0.0717 e. The highest BCUT2D eigenvalue weighted by Crippen LogP contribution is 2.28. The predicted molar refractivity (Wildman–Crippen MR) is 71.7 cm³/mol. The van der Waals surface area contributed by atoms with Crippen LogP contribution in [0.25, 0.3) is 0 Å². The normalized spacial score (nSPS) is 22.6. The molecule has 1 aromatic rings. The van der Waals surface area contributed by atoms with Crippen LogP contribution in [0.5, 0.6) is 0 Å². The molecule has 94 valence electrons. The Labute approximate surface area is 109 Å². The maximum absolute atomic E-state index is 8.82. The van der Waals surface area contributed by atoms with Crippen molar-refractivity contribution in [1.82, 2.24) is 0 Å². The van der Waals surface area contributed by atoms with Crippen molar-refractivity contribution >= 4 is 0 Å². The minimum Gasteiger partial charge on any atom is -0.376 e. The summed E-state index contributed by atoms with van der Waals surface area (Å²) >= 11 is 0. The molecule has 0 heterocycles. The summed E-state index contributed by atoms with van der Waals surface area (Å²) in [6.45, 7) is 1.42. The van der Waals surface area contributed by atoms with Crippen LogP contribution in [0.1, 0.15) is 24.8 Å². The monoisotopic (exact) mass is 241 g/mol. The zero-order chi connectivity index (χ0) is 12.6. The molecule has 1 aliphatic carbocycles. The minimum absolute atomic E-state index is 0.468. The van der Waals surface area contributed by atoms with Crippen LogP contribution in [-0.4, -0.2) is 6.61 Å². The molecule has 0 aliphatic heterocycles. The summed E-state index contributed by atoms with van der Waals surface area (Å²) in [5.41, 5.74) is 1.21. The van der Waals surface area contributed by atoms with E-state index in [4.69, 9.17) is 10.00 Å². The highest BCUT2D eigenvalue weighted by atomic mass is 16.5. The maximum atomic E-state index is 8.82. The molecule has 2 heteroatoms. The van der Waals surface area contributed by atoms with E-state index in [1.807, 2.05) is 18.2 Å². The quantitative estimate of drug-likeness (QED) is 0.736. The lowest BCUT2D eigenvalue weighted by molar-refractivity contribution is 0.0654. The molecular weight excluding hydrogens is 222 g/mol. The first-order valence-electron chi connectivity index (χ1n) is 6.53. The first-order chi connectivity index (χ1) is 8.90. The Morgan fingerprint density at radius 2 is 1.83 bits per heavy atom. The van der Waals surface area contributed by atoms with Crippen LogP contribution in [0, 0.1) is 23.2 Å². The summed E-state index contributed by atoms with van der Waals surface area (Å²) in [6, 6.07) is 12.5. The summed E-state index contributed by atoms with van der Waals surface area (Å²) in [4.78, 5) is 0. The van der Waals surface area contributed by atoms with Crippen molar-refractivity contribution < 1.29 is 4.74 Å². The van der Waals surface area contributed by atoms with E-state index in [2.05, 4.69) is 30.4 Å². The maximum Gasteiger partial charge on any atom is 0.0717 e. The van der Waals surface area contributed by atoms with Gasteiger partial charge in [-0.05, 0) is 30.2 Å². The van der Waals surface area contributed by atoms with E-state index in [9.17, 15) is 0 Å². The van der Waals surface area contributed by atoms with Crippen molar-refractivity contribution in [2.45, 2.75) is 25.9 Å². The van der Waals surface area contributed by atoms with Gasteiger partial charge in [0, 0.05) is 6.42 Å². The molecule has 18 heavy (non-hydrogen) atoms. The topological polar surface area (TPSA) is 33.0 Å². The Balaban J connectivity index is 1.78. The fraction of sp³-hybridized carbons (Fsp3) is 0.438. The molecular formula is C16H19NO. The second-order valence-corrected chi connectivity index (χ2v) is 4.83. The molecule has 0 bridgehead atoms. The van der Waals surface area contributed by atoms with Gasteiger partial charge in [-0.2, -0.15) is 5.26 Å². The van der Waals surface area contributed by atoms with Crippen molar-refractivity contribution in [3.05, 3.63) is 48.0 Å². The van der Waals surface area contributed by atoms with Crippen LogP contribution in [0.2, 0.25) is 0 Å². The Morgan fingerprint density at radius 3 is 2.56 bits per heavy atom. The van der Waals surface area contributed by atoms with Crippen molar-refractivity contribution in [3.63, 3.8) is 0 Å². The van der Waals surface area contributed by atoms with Gasteiger partial charge in [0.1, 0.15) is 0 Å². The number of nitrogens with zero attached hydrogens (tertiary/aromatic N) is 1. The van der Waals surface area contributed by atoms with Gasteiger partial charge in [0.05, 0.1) is 19.3 Å². The van der Waals surface area contributed by atoms with E-state index in [-0.39, 0.29) is 0 Å². The third-order valence-electron chi connectivity index (χ3n) is 3.51. The predicted octanol–water partition coefficient (Wildman–Crippen LogP) is 3.70. The number of hydrogen-bond acceptors (Lipinski definition) is 2. The summed E-state index contributed by atoms with van der Waals surface area (Å²) < 4.78 is 5.79. The van der Waals surface area contributed by atoms with Crippen LogP contribution in [-0.2, 0) is 11.3 Å². The van der Waals surface area contributed by atoms with Gasteiger partial charge in [-0.15, -0.1) is 0 Å². The fourth-order valence-electron chi connectivity index (χ4n) is 2.40. The number of allylic oxidation sites excluding steroid dienone is 2. The molecule has 0 amide bonds. The van der Waals surface area contributed by atoms with Crippen LogP contribution < -0.4 is 0 Å². The van der Waals surface area contributed by atoms with Gasteiger partial charge in [0.25, 0.3) is 0 Å². The molecule has 2 unspecified atom stereocenters. The Hall–Kier alpha value is -1.59. The van der Waals surface area contributed by atoms with Gasteiger partial charge in [-0.1, -0.05) is 42.5 Å².